The molecule has 3 unspecified atom stereocenters. The number of aliphatic hydroxyl groups excluding tert-OH is 1. The molecule has 6 nitrogen and oxygen atoms in total. The van der Waals surface area contributed by atoms with Gasteiger partial charge in [-0.25, -0.2) is 4.98 Å². The highest BCUT2D eigenvalue weighted by molar-refractivity contribution is 6.44. The first-order valence-electron chi connectivity index (χ1n) is 8.09. The summed E-state index contributed by atoms with van der Waals surface area (Å²) in [6.07, 6.45) is 2.56. The molecule has 1 saturated heterocycles. The molecule has 2 N–H and O–H groups in total. The Morgan fingerprint density at radius 2 is 1.92 bits per heavy atom. The molecule has 1 aromatic carbocycles. The Balaban J connectivity index is 2.06. The zero-order valence-electron chi connectivity index (χ0n) is 13.8. The molecule has 0 bridgehead atoms. The quantitative estimate of drug-likeness (QED) is 0.496. The van der Waals surface area contributed by atoms with E-state index in [0.717, 1.165) is 0 Å². The average molecular weight is 339 g/mol. The Labute approximate surface area is 145 Å². The smallest absolute Gasteiger partial charge is 0.291 e. The molecule has 6 heteroatoms. The van der Waals surface area contributed by atoms with Crippen molar-refractivity contribution in [2.24, 2.45) is 5.92 Å². The number of amides is 1. The minimum absolute atomic E-state index is 0.0112. The van der Waals surface area contributed by atoms with Crippen molar-refractivity contribution in [2.45, 2.75) is 19.1 Å². The van der Waals surface area contributed by atoms with Gasteiger partial charge in [-0.1, -0.05) is 30.3 Å². The lowest BCUT2D eigenvalue weighted by atomic mass is 9.87. The summed E-state index contributed by atoms with van der Waals surface area (Å²) in [5, 5.41) is 9.73. The zero-order chi connectivity index (χ0) is 18.0. The van der Waals surface area contributed by atoms with Gasteiger partial charge in [-0.2, -0.15) is 0 Å². The number of nitrogens with one attached hydrogen (secondary N) is 1. The van der Waals surface area contributed by atoms with Gasteiger partial charge in [-0.3, -0.25) is 14.4 Å². The van der Waals surface area contributed by atoms with Gasteiger partial charge in [-0.15, -0.1) is 0 Å². The van der Waals surface area contributed by atoms with E-state index in [4.69, 9.17) is 0 Å². The first-order chi connectivity index (χ1) is 12.0. The summed E-state index contributed by atoms with van der Waals surface area (Å²) in [6, 6.07) is 11.2. The van der Waals surface area contributed by atoms with E-state index < -0.39 is 29.8 Å². The highest BCUT2D eigenvalue weighted by Gasteiger charge is 2.52. The number of pyridine rings is 1. The number of hydrogen-bond donors (Lipinski definition) is 1. The molecule has 1 aliphatic rings. The summed E-state index contributed by atoms with van der Waals surface area (Å²) in [4.78, 5) is 42.2. The first-order valence-corrected chi connectivity index (χ1v) is 8.09. The number of nitrogens with zero attached hydrogens (tertiary/aromatic N) is 1. The normalized spacial score (nSPS) is 21.4. The number of likely N-dealkylation sites (tertiary alicyclic amines) is 1. The molecular formula is C19H19N2O4+. The van der Waals surface area contributed by atoms with Crippen LogP contribution < -0.4 is 4.98 Å². The van der Waals surface area contributed by atoms with Gasteiger partial charge >= 0.3 is 0 Å². The van der Waals surface area contributed by atoms with Gasteiger partial charge in [0.05, 0.1) is 12.1 Å². The number of rotatable bonds is 5. The number of β-amino-alcohol motifs (C(OH)–C–C–N with tert-alkyl or cyclic N) is 1. The maximum absolute atomic E-state index is 12.9. The standard InChI is InChI=1S/C19H18N2O4/c1-12(22)11-21-16(14-8-5-9-20-10-14)15(18(24)19(21)25)17(23)13-6-3-2-4-7-13/h2-10,12,15-16,22H,11H2,1H3/p+1. The number of aromatic nitrogens is 1. The molecule has 2 aromatic rings. The van der Waals surface area contributed by atoms with Crippen LogP contribution in [0.4, 0.5) is 0 Å². The summed E-state index contributed by atoms with van der Waals surface area (Å²) < 4.78 is 0. The third-order valence-corrected chi connectivity index (χ3v) is 4.28. The molecule has 1 fully saturated rings. The van der Waals surface area contributed by atoms with Crippen LogP contribution in [-0.4, -0.2) is 40.1 Å². The Kier molecular flexibility index (Phi) is 4.72. The number of carbonyl (C=O) groups is 3. The lowest BCUT2D eigenvalue weighted by molar-refractivity contribution is -0.379. The Bertz CT molecular complexity index is 790. The number of H-pyrrole nitrogens is 1. The highest BCUT2D eigenvalue weighted by Crippen LogP contribution is 2.37. The fourth-order valence-electron chi connectivity index (χ4n) is 3.21. The van der Waals surface area contributed by atoms with Crippen LogP contribution in [0.15, 0.2) is 54.9 Å². The van der Waals surface area contributed by atoms with Crippen molar-refractivity contribution < 1.29 is 24.5 Å². The summed E-state index contributed by atoms with van der Waals surface area (Å²) in [5.74, 6) is -2.97. The largest absolute Gasteiger partial charge is 0.392 e. The molecule has 1 amide bonds. The lowest BCUT2D eigenvalue weighted by Crippen LogP contribution is -2.36. The van der Waals surface area contributed by atoms with Crippen molar-refractivity contribution in [3.05, 3.63) is 66.0 Å². The van der Waals surface area contributed by atoms with E-state index in [9.17, 15) is 19.5 Å². The molecule has 1 aromatic heterocycles. The van der Waals surface area contributed by atoms with Gasteiger partial charge in [0.25, 0.3) is 5.91 Å². The number of aliphatic hydroxyl groups is 1. The Hall–Kier alpha value is -2.86. The first kappa shape index (κ1) is 17.0. The van der Waals surface area contributed by atoms with Crippen LogP contribution in [0.2, 0.25) is 0 Å². The summed E-state index contributed by atoms with van der Waals surface area (Å²) in [6.45, 7) is 1.53. The molecule has 0 aliphatic carbocycles. The third-order valence-electron chi connectivity index (χ3n) is 4.28. The summed E-state index contributed by atoms with van der Waals surface area (Å²) in [5.41, 5.74) is 1.04. The second-order valence-corrected chi connectivity index (χ2v) is 6.16. The van der Waals surface area contributed by atoms with Crippen LogP contribution in [-0.2, 0) is 9.59 Å². The van der Waals surface area contributed by atoms with Gasteiger partial charge in [0, 0.05) is 23.7 Å². The number of aromatic amines is 1. The third kappa shape index (κ3) is 3.21. The minimum Gasteiger partial charge on any atom is -0.392 e. The zero-order valence-corrected chi connectivity index (χ0v) is 13.8. The van der Waals surface area contributed by atoms with Crippen molar-refractivity contribution in [1.29, 1.82) is 0 Å². The van der Waals surface area contributed by atoms with Crippen molar-refractivity contribution in [3.63, 3.8) is 0 Å². The van der Waals surface area contributed by atoms with E-state index in [1.165, 1.54) is 11.8 Å². The number of hydrogen-bond acceptors (Lipinski definition) is 4. The molecule has 2 heterocycles. The number of benzene rings is 1. The number of Topliss-reactive ketones (excluding diaryl/α,β-unsaturated/α-hetero) is 2. The van der Waals surface area contributed by atoms with Crippen LogP contribution >= 0.6 is 0 Å². The van der Waals surface area contributed by atoms with E-state index >= 15 is 0 Å². The van der Waals surface area contributed by atoms with Crippen LogP contribution in [0.25, 0.3) is 0 Å². The number of ketones is 2. The topological polar surface area (TPSA) is 88.8 Å². The second-order valence-electron chi connectivity index (χ2n) is 6.16. The minimum atomic E-state index is -1.12. The maximum atomic E-state index is 12.9. The number of carbonyl (C=O) groups excluding carboxylic acids is 3. The summed E-state index contributed by atoms with van der Waals surface area (Å²) >= 11 is 0. The van der Waals surface area contributed by atoms with Gasteiger partial charge < -0.3 is 10.0 Å². The van der Waals surface area contributed by atoms with Crippen molar-refractivity contribution in [1.82, 2.24) is 4.90 Å². The van der Waals surface area contributed by atoms with Crippen molar-refractivity contribution in [2.75, 3.05) is 6.54 Å². The molecular weight excluding hydrogens is 320 g/mol. The second kappa shape index (κ2) is 6.94. The maximum Gasteiger partial charge on any atom is 0.291 e. The van der Waals surface area contributed by atoms with Gasteiger partial charge in [-0.05, 0) is 13.0 Å². The molecule has 0 saturated carbocycles. The van der Waals surface area contributed by atoms with E-state index in [1.807, 2.05) is 0 Å². The molecule has 25 heavy (non-hydrogen) atoms. The van der Waals surface area contributed by atoms with Gasteiger partial charge in [0.2, 0.25) is 5.78 Å². The molecule has 3 atom stereocenters. The Morgan fingerprint density at radius 3 is 2.52 bits per heavy atom. The summed E-state index contributed by atoms with van der Waals surface area (Å²) in [7, 11) is 0. The van der Waals surface area contributed by atoms with Crippen LogP contribution in [0.3, 0.4) is 0 Å². The van der Waals surface area contributed by atoms with Crippen molar-refractivity contribution >= 4 is 17.5 Å². The molecule has 128 valence electrons. The monoisotopic (exact) mass is 339 g/mol. The van der Waals surface area contributed by atoms with Gasteiger partial charge in [0.15, 0.2) is 18.2 Å². The predicted molar refractivity (Wildman–Crippen MR) is 88.4 cm³/mol. The molecule has 3 rings (SSSR count). The molecule has 0 spiro atoms. The van der Waals surface area contributed by atoms with E-state index in [0.29, 0.717) is 11.1 Å². The van der Waals surface area contributed by atoms with Crippen molar-refractivity contribution in [3.8, 4) is 0 Å². The van der Waals surface area contributed by atoms with Gasteiger partial charge in [0.1, 0.15) is 5.92 Å². The van der Waals surface area contributed by atoms with E-state index in [2.05, 4.69) is 4.98 Å². The molecule has 1 aliphatic heterocycles. The lowest BCUT2D eigenvalue weighted by Gasteiger charge is -2.27. The van der Waals surface area contributed by atoms with Crippen LogP contribution in [0.5, 0.6) is 0 Å². The Morgan fingerprint density at radius 1 is 1.20 bits per heavy atom. The highest BCUT2D eigenvalue weighted by atomic mass is 16.3. The molecule has 0 radical (unpaired) electrons. The van der Waals surface area contributed by atoms with Crippen LogP contribution in [0, 0.1) is 5.92 Å². The van der Waals surface area contributed by atoms with E-state index in [1.54, 1.807) is 54.9 Å². The fourth-order valence-corrected chi connectivity index (χ4v) is 3.21. The predicted octanol–water partition coefficient (Wildman–Crippen LogP) is 0.833. The van der Waals surface area contributed by atoms with Crippen LogP contribution in [0.1, 0.15) is 28.9 Å². The van der Waals surface area contributed by atoms with E-state index in [-0.39, 0.29) is 12.3 Å². The SMILES string of the molecule is CC(O)CN1C(=O)C(=O)C(C(=O)c2ccccc2)C1c1ccc[nH+]c1. The fraction of sp³-hybridized carbons (Fsp3) is 0.263. The average Bonchev–Trinajstić information content (AvgIpc) is 2.87.